The van der Waals surface area contributed by atoms with E-state index < -0.39 is 35.1 Å². The molecule has 1 unspecified atom stereocenters. The minimum Gasteiger partial charge on any atom is -0.444 e. The lowest BCUT2D eigenvalue weighted by molar-refractivity contribution is -0.146. The van der Waals surface area contributed by atoms with Gasteiger partial charge in [0.1, 0.15) is 17.0 Å². The summed E-state index contributed by atoms with van der Waals surface area (Å²) in [6, 6.07) is 13.3. The molecule has 3 rings (SSSR count). The predicted octanol–water partition coefficient (Wildman–Crippen LogP) is 3.56. The van der Waals surface area contributed by atoms with Crippen molar-refractivity contribution in [2.75, 3.05) is 12.8 Å². The van der Waals surface area contributed by atoms with Crippen LogP contribution in [0.1, 0.15) is 38.8 Å². The predicted molar refractivity (Wildman–Crippen MR) is 123 cm³/mol. The van der Waals surface area contributed by atoms with Crippen molar-refractivity contribution in [3.05, 3.63) is 65.5 Å². The molecule has 33 heavy (non-hydrogen) atoms. The van der Waals surface area contributed by atoms with Gasteiger partial charge >= 0.3 is 6.09 Å². The van der Waals surface area contributed by atoms with Crippen LogP contribution in [0.3, 0.4) is 0 Å². The number of halogens is 1. The maximum absolute atomic E-state index is 15.0. The van der Waals surface area contributed by atoms with Gasteiger partial charge in [-0.05, 0) is 51.5 Å². The first-order valence-corrected chi connectivity index (χ1v) is 10.5. The van der Waals surface area contributed by atoms with E-state index in [-0.39, 0.29) is 18.1 Å². The minimum absolute atomic E-state index is 0.0745. The SMILES string of the molecule is CN1C(=O)C(OCc2ccccc2)[C@@](C)(c2cc(N)ccc2F)N=C1NC(=O)OC(C)(C)C. The third-order valence-electron chi connectivity index (χ3n) is 5.13. The van der Waals surface area contributed by atoms with Crippen LogP contribution in [0.15, 0.2) is 53.5 Å². The van der Waals surface area contributed by atoms with Gasteiger partial charge in [0.2, 0.25) is 5.96 Å². The molecule has 1 heterocycles. The van der Waals surface area contributed by atoms with Crippen molar-refractivity contribution in [3.8, 4) is 0 Å². The number of nitrogens with one attached hydrogen (secondary N) is 1. The third kappa shape index (κ3) is 5.48. The number of nitrogen functional groups attached to an aromatic ring is 1. The number of anilines is 1. The van der Waals surface area contributed by atoms with Crippen LogP contribution in [0, 0.1) is 5.82 Å². The van der Waals surface area contributed by atoms with Gasteiger partial charge in [-0.1, -0.05) is 30.3 Å². The van der Waals surface area contributed by atoms with E-state index in [1.807, 2.05) is 30.3 Å². The lowest BCUT2D eigenvalue weighted by Crippen LogP contribution is -2.60. The summed E-state index contributed by atoms with van der Waals surface area (Å²) in [7, 11) is 1.45. The highest BCUT2D eigenvalue weighted by atomic mass is 19.1. The van der Waals surface area contributed by atoms with Crippen LogP contribution >= 0.6 is 0 Å². The van der Waals surface area contributed by atoms with Gasteiger partial charge in [0.25, 0.3) is 5.91 Å². The molecule has 2 aromatic rings. The zero-order chi connectivity index (χ0) is 24.4. The van der Waals surface area contributed by atoms with Crippen LogP contribution in [-0.4, -0.2) is 41.6 Å². The number of benzene rings is 2. The molecule has 8 nitrogen and oxygen atoms in total. The van der Waals surface area contributed by atoms with Gasteiger partial charge in [-0.3, -0.25) is 15.0 Å². The van der Waals surface area contributed by atoms with Gasteiger partial charge in [0.15, 0.2) is 6.10 Å². The normalized spacial score (nSPS) is 20.9. The fourth-order valence-electron chi connectivity index (χ4n) is 3.50. The third-order valence-corrected chi connectivity index (χ3v) is 5.13. The molecule has 0 spiro atoms. The van der Waals surface area contributed by atoms with Gasteiger partial charge < -0.3 is 15.2 Å². The van der Waals surface area contributed by atoms with E-state index >= 15 is 0 Å². The molecule has 176 valence electrons. The topological polar surface area (TPSA) is 106 Å². The van der Waals surface area contributed by atoms with E-state index in [2.05, 4.69) is 10.3 Å². The molecule has 0 saturated heterocycles. The van der Waals surface area contributed by atoms with Crippen molar-refractivity contribution >= 4 is 23.6 Å². The van der Waals surface area contributed by atoms with Crippen LogP contribution in [0.2, 0.25) is 0 Å². The summed E-state index contributed by atoms with van der Waals surface area (Å²) in [5.74, 6) is -1.19. The number of aliphatic imine (C=N–C) groups is 1. The number of alkyl carbamates (subject to hydrolysis) is 1. The van der Waals surface area contributed by atoms with Crippen molar-refractivity contribution in [1.82, 2.24) is 10.2 Å². The Hall–Kier alpha value is -3.46. The number of carbonyl (C=O) groups is 2. The summed E-state index contributed by atoms with van der Waals surface area (Å²) >= 11 is 0. The lowest BCUT2D eigenvalue weighted by atomic mass is 9.84. The summed E-state index contributed by atoms with van der Waals surface area (Å²) in [6.07, 6.45) is -1.97. The molecule has 0 saturated carbocycles. The number of nitrogens with two attached hydrogens (primary N) is 1. The van der Waals surface area contributed by atoms with Crippen LogP contribution in [0.4, 0.5) is 14.9 Å². The quantitative estimate of drug-likeness (QED) is 0.685. The van der Waals surface area contributed by atoms with Crippen molar-refractivity contribution in [1.29, 1.82) is 0 Å². The van der Waals surface area contributed by atoms with Gasteiger partial charge in [-0.15, -0.1) is 0 Å². The smallest absolute Gasteiger partial charge is 0.414 e. The Bertz CT molecular complexity index is 1070. The molecule has 0 fully saturated rings. The first-order valence-electron chi connectivity index (χ1n) is 10.5. The Kier molecular flexibility index (Phi) is 6.73. The highest BCUT2D eigenvalue weighted by Gasteiger charge is 2.49. The van der Waals surface area contributed by atoms with E-state index in [0.29, 0.717) is 5.69 Å². The second kappa shape index (κ2) is 9.19. The van der Waals surface area contributed by atoms with Crippen LogP contribution < -0.4 is 11.1 Å². The molecular formula is C24H29FN4O4. The maximum Gasteiger partial charge on any atom is 0.414 e. The van der Waals surface area contributed by atoms with Gasteiger partial charge in [0.05, 0.1) is 6.61 Å². The molecule has 2 atom stereocenters. The Morgan fingerprint density at radius 1 is 1.24 bits per heavy atom. The number of rotatable bonds is 4. The second-order valence-electron chi connectivity index (χ2n) is 9.02. The molecule has 1 aliphatic rings. The van der Waals surface area contributed by atoms with Crippen LogP contribution in [0.25, 0.3) is 0 Å². The van der Waals surface area contributed by atoms with Crippen molar-refractivity contribution in [3.63, 3.8) is 0 Å². The van der Waals surface area contributed by atoms with Gasteiger partial charge in [-0.25, -0.2) is 14.2 Å². The summed E-state index contributed by atoms with van der Waals surface area (Å²) in [4.78, 5) is 31.5. The highest BCUT2D eigenvalue weighted by molar-refractivity contribution is 6.06. The number of amides is 2. The standard InChI is InChI=1S/C24H29FN4O4/c1-23(2,3)33-22(31)27-21-28-24(4,17-13-16(26)11-12-18(17)25)19(20(30)29(21)5)32-14-15-9-7-6-8-10-15/h6-13,19H,14,26H2,1-5H3,(H,27,28,31)/t19?,24-/m1/s1. The van der Waals surface area contributed by atoms with Gasteiger partial charge in [0, 0.05) is 18.3 Å². The molecule has 1 aliphatic heterocycles. The largest absolute Gasteiger partial charge is 0.444 e. The van der Waals surface area contributed by atoms with E-state index in [9.17, 15) is 14.0 Å². The fraction of sp³-hybridized carbons (Fsp3) is 0.375. The molecule has 2 aromatic carbocycles. The number of likely N-dealkylation sites (N-methyl/N-ethyl adjacent to an activating group) is 1. The molecule has 0 aliphatic carbocycles. The maximum atomic E-state index is 15.0. The van der Waals surface area contributed by atoms with E-state index in [1.165, 1.54) is 25.2 Å². The van der Waals surface area contributed by atoms with E-state index in [1.54, 1.807) is 27.7 Å². The Morgan fingerprint density at radius 3 is 2.55 bits per heavy atom. The molecular weight excluding hydrogens is 427 g/mol. The number of hydrogen-bond acceptors (Lipinski definition) is 6. The lowest BCUT2D eigenvalue weighted by Gasteiger charge is -2.41. The number of carbonyl (C=O) groups excluding carboxylic acids is 2. The summed E-state index contributed by atoms with van der Waals surface area (Å²) < 4.78 is 26.2. The zero-order valence-corrected chi connectivity index (χ0v) is 19.4. The number of hydrogen-bond donors (Lipinski definition) is 2. The fourth-order valence-corrected chi connectivity index (χ4v) is 3.50. The molecule has 0 bridgehead atoms. The molecule has 3 N–H and O–H groups in total. The molecule has 0 radical (unpaired) electrons. The second-order valence-corrected chi connectivity index (χ2v) is 9.02. The Balaban J connectivity index is 2.03. The first kappa shape index (κ1) is 24.2. The zero-order valence-electron chi connectivity index (χ0n) is 19.4. The minimum atomic E-state index is -1.51. The van der Waals surface area contributed by atoms with Crippen molar-refractivity contribution in [2.24, 2.45) is 4.99 Å². The summed E-state index contributed by atoms with van der Waals surface area (Å²) in [6.45, 7) is 6.81. The van der Waals surface area contributed by atoms with Crippen LogP contribution in [0.5, 0.6) is 0 Å². The van der Waals surface area contributed by atoms with E-state index in [4.69, 9.17) is 15.2 Å². The Morgan fingerprint density at radius 2 is 1.91 bits per heavy atom. The van der Waals surface area contributed by atoms with E-state index in [0.717, 1.165) is 10.5 Å². The molecule has 2 amide bonds. The first-order chi connectivity index (χ1) is 15.4. The van der Waals surface area contributed by atoms with Crippen molar-refractivity contribution in [2.45, 2.75) is 51.5 Å². The average molecular weight is 457 g/mol. The molecule has 0 aromatic heterocycles. The Labute approximate surface area is 192 Å². The number of nitrogens with zero attached hydrogens (tertiary/aromatic N) is 2. The summed E-state index contributed by atoms with van der Waals surface area (Å²) in [5.41, 5.74) is 4.86. The highest BCUT2D eigenvalue weighted by Crippen LogP contribution is 2.38. The summed E-state index contributed by atoms with van der Waals surface area (Å²) in [5, 5.41) is 2.49. The van der Waals surface area contributed by atoms with Crippen molar-refractivity contribution < 1.29 is 23.5 Å². The average Bonchev–Trinajstić information content (AvgIpc) is 2.73. The van der Waals surface area contributed by atoms with Crippen LogP contribution in [-0.2, 0) is 26.4 Å². The number of ether oxygens (including phenoxy) is 2. The number of guanidine groups is 1. The molecule has 9 heteroatoms. The monoisotopic (exact) mass is 456 g/mol. The van der Waals surface area contributed by atoms with Gasteiger partial charge in [-0.2, -0.15) is 0 Å².